The van der Waals surface area contributed by atoms with Crippen molar-refractivity contribution < 1.29 is 13.9 Å². The molecule has 0 spiro atoms. The predicted molar refractivity (Wildman–Crippen MR) is 80.5 cm³/mol. The molecule has 0 amide bonds. The summed E-state index contributed by atoms with van der Waals surface area (Å²) in [4.78, 5) is 0. The van der Waals surface area contributed by atoms with Crippen LogP contribution in [0.5, 0.6) is 5.75 Å². The van der Waals surface area contributed by atoms with E-state index in [1.807, 2.05) is 13.0 Å². The van der Waals surface area contributed by atoms with Crippen molar-refractivity contribution in [1.29, 1.82) is 0 Å². The first-order chi connectivity index (χ1) is 10.2. The van der Waals surface area contributed by atoms with Crippen molar-refractivity contribution in [3.8, 4) is 5.75 Å². The van der Waals surface area contributed by atoms with Crippen LogP contribution >= 0.6 is 0 Å². The molecule has 21 heavy (non-hydrogen) atoms. The third-order valence-corrected chi connectivity index (χ3v) is 4.15. The normalized spacial score (nSPS) is 22.7. The average Bonchev–Trinajstić information content (AvgIpc) is 2.44. The Kier molecular flexibility index (Phi) is 5.96. The lowest BCUT2D eigenvalue weighted by Crippen LogP contribution is -2.42. The van der Waals surface area contributed by atoms with Gasteiger partial charge in [-0.2, -0.15) is 0 Å². The molecule has 5 heteroatoms. The van der Waals surface area contributed by atoms with Gasteiger partial charge in [-0.15, -0.1) is 0 Å². The Bertz CT molecular complexity index is 450. The summed E-state index contributed by atoms with van der Waals surface area (Å²) in [6.07, 6.45) is 4.32. The van der Waals surface area contributed by atoms with Crippen LogP contribution in [0.3, 0.4) is 0 Å². The van der Waals surface area contributed by atoms with Gasteiger partial charge in [0.15, 0.2) is 11.6 Å². The lowest BCUT2D eigenvalue weighted by atomic mass is 9.77. The lowest BCUT2D eigenvalue weighted by molar-refractivity contribution is -0.0290. The van der Waals surface area contributed by atoms with Gasteiger partial charge >= 0.3 is 0 Å². The number of halogens is 1. The molecule has 0 saturated heterocycles. The molecule has 1 aliphatic carbocycles. The van der Waals surface area contributed by atoms with E-state index < -0.39 is 0 Å². The molecule has 2 rings (SSSR count). The van der Waals surface area contributed by atoms with Crippen LogP contribution in [0.1, 0.15) is 31.7 Å². The highest BCUT2D eigenvalue weighted by Gasteiger charge is 2.31. The maximum Gasteiger partial charge on any atom is 0.165 e. The van der Waals surface area contributed by atoms with Gasteiger partial charge < -0.3 is 9.47 Å². The van der Waals surface area contributed by atoms with Crippen LogP contribution in [0.2, 0.25) is 0 Å². The van der Waals surface area contributed by atoms with E-state index >= 15 is 0 Å². The van der Waals surface area contributed by atoms with Crippen LogP contribution in [-0.4, -0.2) is 25.9 Å². The van der Waals surface area contributed by atoms with E-state index in [4.69, 9.17) is 15.3 Å². The first-order valence-corrected chi connectivity index (χ1v) is 7.56. The molecule has 1 unspecified atom stereocenters. The van der Waals surface area contributed by atoms with Crippen LogP contribution in [0.4, 0.5) is 4.39 Å². The molecule has 4 nitrogen and oxygen atoms in total. The van der Waals surface area contributed by atoms with E-state index in [1.54, 1.807) is 6.07 Å². The SMILES string of the molecule is CCOC1CC(CC(Cc2ccc(OC)c(F)c2)NN)C1. The minimum Gasteiger partial charge on any atom is -0.494 e. The Balaban J connectivity index is 1.84. The summed E-state index contributed by atoms with van der Waals surface area (Å²) in [6, 6.07) is 5.22. The molecule has 0 radical (unpaired) electrons. The highest BCUT2D eigenvalue weighted by Crippen LogP contribution is 2.34. The summed E-state index contributed by atoms with van der Waals surface area (Å²) < 4.78 is 24.2. The number of nitrogens with one attached hydrogen (secondary N) is 1. The number of methoxy groups -OCH3 is 1. The maximum atomic E-state index is 13.7. The highest BCUT2D eigenvalue weighted by atomic mass is 19.1. The number of nitrogens with two attached hydrogens (primary N) is 1. The number of hydrazine groups is 1. The highest BCUT2D eigenvalue weighted by molar-refractivity contribution is 5.29. The van der Waals surface area contributed by atoms with Gasteiger partial charge in [0.05, 0.1) is 13.2 Å². The molecule has 118 valence electrons. The molecule has 0 aromatic heterocycles. The maximum absolute atomic E-state index is 13.7. The van der Waals surface area contributed by atoms with E-state index in [0.717, 1.165) is 31.4 Å². The van der Waals surface area contributed by atoms with Crippen molar-refractivity contribution in [3.05, 3.63) is 29.6 Å². The first-order valence-electron chi connectivity index (χ1n) is 7.56. The van der Waals surface area contributed by atoms with Gasteiger partial charge in [-0.25, -0.2) is 4.39 Å². The standard InChI is InChI=1S/C16H25FN2O2/c1-3-21-14-8-12(9-14)7-13(19-18)6-11-4-5-16(20-2)15(17)10-11/h4-5,10,12-14,19H,3,6-9,18H2,1-2H3. The summed E-state index contributed by atoms with van der Waals surface area (Å²) in [6.45, 7) is 2.80. The number of rotatable bonds is 8. The van der Waals surface area contributed by atoms with Crippen LogP contribution < -0.4 is 16.0 Å². The Morgan fingerprint density at radius 2 is 2.19 bits per heavy atom. The second-order valence-corrected chi connectivity index (χ2v) is 5.69. The molecule has 1 fully saturated rings. The van der Waals surface area contributed by atoms with Gasteiger partial charge in [-0.05, 0) is 56.2 Å². The van der Waals surface area contributed by atoms with Crippen molar-refractivity contribution in [1.82, 2.24) is 5.43 Å². The summed E-state index contributed by atoms with van der Waals surface area (Å²) in [7, 11) is 1.47. The molecule has 1 aromatic rings. The van der Waals surface area contributed by atoms with Gasteiger partial charge in [0.2, 0.25) is 0 Å². The van der Waals surface area contributed by atoms with Gasteiger partial charge in [0.25, 0.3) is 0 Å². The topological polar surface area (TPSA) is 56.5 Å². The number of hydrogen-bond acceptors (Lipinski definition) is 4. The van der Waals surface area contributed by atoms with Gasteiger partial charge in [0, 0.05) is 12.6 Å². The zero-order valence-electron chi connectivity index (χ0n) is 12.8. The largest absolute Gasteiger partial charge is 0.494 e. The summed E-state index contributed by atoms with van der Waals surface area (Å²) in [5, 5.41) is 0. The molecule has 1 atom stereocenters. The fourth-order valence-electron chi connectivity index (χ4n) is 2.97. The monoisotopic (exact) mass is 296 g/mol. The Hall–Kier alpha value is -1.17. The van der Waals surface area contributed by atoms with Crippen LogP contribution in [0, 0.1) is 11.7 Å². The lowest BCUT2D eigenvalue weighted by Gasteiger charge is -2.37. The number of hydrogen-bond donors (Lipinski definition) is 2. The van der Waals surface area contributed by atoms with E-state index in [1.165, 1.54) is 13.2 Å². The van der Waals surface area contributed by atoms with Crippen LogP contribution in [0.15, 0.2) is 18.2 Å². The summed E-state index contributed by atoms with van der Waals surface area (Å²) in [5.41, 5.74) is 3.78. The quantitative estimate of drug-likeness (QED) is 0.571. The molecule has 1 saturated carbocycles. The fraction of sp³-hybridized carbons (Fsp3) is 0.625. The van der Waals surface area contributed by atoms with Gasteiger partial charge in [0.1, 0.15) is 0 Å². The third kappa shape index (κ3) is 4.40. The van der Waals surface area contributed by atoms with Crippen LogP contribution in [-0.2, 0) is 11.2 Å². The van der Waals surface area contributed by atoms with E-state index in [9.17, 15) is 4.39 Å². The average molecular weight is 296 g/mol. The Morgan fingerprint density at radius 3 is 2.76 bits per heavy atom. The minimum atomic E-state index is -0.328. The van der Waals surface area contributed by atoms with E-state index in [-0.39, 0.29) is 17.6 Å². The smallest absolute Gasteiger partial charge is 0.165 e. The predicted octanol–water partition coefficient (Wildman–Crippen LogP) is 2.41. The molecule has 0 aliphatic heterocycles. The first kappa shape index (κ1) is 16.2. The molecule has 3 N–H and O–H groups in total. The zero-order chi connectivity index (χ0) is 15.2. The third-order valence-electron chi connectivity index (χ3n) is 4.15. The van der Waals surface area contributed by atoms with Crippen molar-refractivity contribution in [3.63, 3.8) is 0 Å². The molecular formula is C16H25FN2O2. The molecule has 1 aromatic carbocycles. The number of ether oxygens (including phenoxy) is 2. The Labute approximate surface area is 125 Å². The summed E-state index contributed by atoms with van der Waals surface area (Å²) in [5.74, 6) is 6.22. The van der Waals surface area contributed by atoms with E-state index in [2.05, 4.69) is 5.43 Å². The fourth-order valence-corrected chi connectivity index (χ4v) is 2.97. The van der Waals surface area contributed by atoms with Crippen molar-refractivity contribution in [2.75, 3.05) is 13.7 Å². The van der Waals surface area contributed by atoms with Crippen LogP contribution in [0.25, 0.3) is 0 Å². The molecule has 0 bridgehead atoms. The van der Waals surface area contributed by atoms with Crippen molar-refractivity contribution in [2.24, 2.45) is 11.8 Å². The molecule has 0 heterocycles. The summed E-state index contributed by atoms with van der Waals surface area (Å²) >= 11 is 0. The van der Waals surface area contributed by atoms with Crippen molar-refractivity contribution in [2.45, 2.75) is 44.8 Å². The van der Waals surface area contributed by atoms with Gasteiger partial charge in [-0.1, -0.05) is 6.07 Å². The second kappa shape index (κ2) is 7.73. The van der Waals surface area contributed by atoms with E-state index in [0.29, 0.717) is 18.4 Å². The molecule has 1 aliphatic rings. The number of benzene rings is 1. The zero-order valence-corrected chi connectivity index (χ0v) is 12.8. The van der Waals surface area contributed by atoms with Gasteiger partial charge in [-0.3, -0.25) is 11.3 Å². The van der Waals surface area contributed by atoms with Crippen molar-refractivity contribution >= 4 is 0 Å². The second-order valence-electron chi connectivity index (χ2n) is 5.69. The minimum absolute atomic E-state index is 0.158. The molecular weight excluding hydrogens is 271 g/mol. The Morgan fingerprint density at radius 1 is 1.43 bits per heavy atom.